The van der Waals surface area contributed by atoms with Crippen LogP contribution in [0, 0.1) is 13.8 Å². The molecule has 0 aliphatic carbocycles. The van der Waals surface area contributed by atoms with E-state index in [1.54, 1.807) is 33.8 Å². The average Bonchev–Trinajstić information content (AvgIpc) is 3.98. The monoisotopic (exact) mass is 984 g/mol. The highest BCUT2D eigenvalue weighted by Gasteiger charge is 2.26. The Kier molecular flexibility index (Phi) is 16.7. The molecule has 368 valence electrons. The van der Waals surface area contributed by atoms with Gasteiger partial charge < -0.3 is 56.3 Å². The van der Waals surface area contributed by atoms with Crippen LogP contribution in [0.3, 0.4) is 0 Å². The lowest BCUT2D eigenvalue weighted by Gasteiger charge is -2.34. The number of nitrogens with two attached hydrogens (primary N) is 2. The Morgan fingerprint density at radius 1 is 0.652 bits per heavy atom. The molecule has 4 saturated heterocycles. The second kappa shape index (κ2) is 23.2. The number of hydrogen-bond acceptors (Lipinski definition) is 21. The van der Waals surface area contributed by atoms with Crippen LogP contribution in [0.4, 0.5) is 23.5 Å². The highest BCUT2D eigenvalue weighted by molar-refractivity contribution is 7.18. The number of rotatable bonds is 10. The van der Waals surface area contributed by atoms with Gasteiger partial charge in [-0.1, -0.05) is 0 Å². The Labute approximate surface area is 407 Å². The number of pyridine rings is 2. The zero-order valence-corrected chi connectivity index (χ0v) is 40.6. The highest BCUT2D eigenvalue weighted by atomic mass is 32.1. The Morgan fingerprint density at radius 3 is 1.49 bits per heavy atom. The second-order valence-electron chi connectivity index (χ2n) is 17.1. The summed E-state index contributed by atoms with van der Waals surface area (Å²) in [6, 6.07) is 3.78. The van der Waals surface area contributed by atoms with E-state index < -0.39 is 19.2 Å². The lowest BCUT2D eigenvalue weighted by molar-refractivity contribution is -0.140. The lowest BCUT2D eigenvalue weighted by Crippen LogP contribution is -2.49. The Morgan fingerprint density at radius 2 is 1.09 bits per heavy atom. The average molecular weight is 985 g/mol. The number of carbonyl (C=O) groups excluding carboxylic acids is 1. The second-order valence-corrected chi connectivity index (χ2v) is 18.8. The lowest BCUT2D eigenvalue weighted by atomic mass is 10.1. The van der Waals surface area contributed by atoms with Crippen molar-refractivity contribution in [2.45, 2.75) is 26.9 Å². The minimum atomic E-state index is -1.19. The Balaban J connectivity index is 0.000000171. The molecule has 1 amide bonds. The molecule has 0 bridgehead atoms. The van der Waals surface area contributed by atoms with Gasteiger partial charge in [-0.25, -0.2) is 34.7 Å². The number of carboxylic acids is 1. The summed E-state index contributed by atoms with van der Waals surface area (Å²) >= 11 is 3.37. The molecule has 4 aliphatic heterocycles. The number of nitrogens with zero attached hydrogens (tertiary/aromatic N) is 11. The van der Waals surface area contributed by atoms with Crippen molar-refractivity contribution in [3.05, 3.63) is 57.5 Å². The molecule has 0 radical (unpaired) electrons. The zero-order valence-electron chi connectivity index (χ0n) is 39.0. The van der Waals surface area contributed by atoms with Gasteiger partial charge in [0.25, 0.3) is 0 Å². The number of nitrogens with one attached hydrogen (secondary N) is 1. The minimum absolute atomic E-state index is 0.208. The number of hydrogen-bond donors (Lipinski definition) is 6. The standard InChI is InChI=1S/C23H29N7O3S.C21H27N7OS.C2H4O3/c1-15-10-18(24)25-11-17(15)21-22-20(26-23(27-21)30-6-8-33-9-7-30)16(14-34-22)12-28-2-4-29(5-3-28)19(32)13-31;1-14-10-17(22)24-11-16(14)19-20-18(25-21(26-19)28-6-8-29-9-7-28)15(13-30-20)12-27-4-2-23-3-5-27;3-1-2(4)5/h10-11,14,31H,2-9,12-13H2,1H3,(H2,24,25);10-11,13,23H,2-9,12H2,1H3,(H2,22,24);3H,1H2,(H,4,5). The van der Waals surface area contributed by atoms with E-state index in [2.05, 4.69) is 52.6 Å². The number of aryl methyl sites for hydroxylation is 2. The number of piperazine rings is 2. The summed E-state index contributed by atoms with van der Waals surface area (Å²) in [7, 11) is 0. The maximum Gasteiger partial charge on any atom is 0.329 e. The number of carboxylic acid groups (broad SMARTS) is 1. The van der Waals surface area contributed by atoms with Crippen molar-refractivity contribution in [2.75, 3.05) is 139 Å². The largest absolute Gasteiger partial charge is 0.480 e. The van der Waals surface area contributed by atoms with Crippen LogP contribution in [0.5, 0.6) is 0 Å². The van der Waals surface area contributed by atoms with Gasteiger partial charge in [0, 0.05) is 126 Å². The van der Waals surface area contributed by atoms with Gasteiger partial charge in [-0.05, 0) is 47.9 Å². The molecule has 8 N–H and O–H groups in total. The SMILES string of the molecule is Cc1cc(N)ncc1-c1nc(N2CCOCC2)nc2c(CN3CCN(C(=O)CO)CC3)csc12.Cc1cc(N)ncc1-c1nc(N2CCOCC2)nc2c(CN3CCNCC3)csc12.O=C(O)CO. The smallest absolute Gasteiger partial charge is 0.329 e. The van der Waals surface area contributed by atoms with Gasteiger partial charge in [-0.2, -0.15) is 0 Å². The number of amides is 1. The summed E-state index contributed by atoms with van der Waals surface area (Å²) in [6.07, 6.45) is 3.64. The molecule has 6 aromatic rings. The highest BCUT2D eigenvalue weighted by Crippen LogP contribution is 2.38. The van der Waals surface area contributed by atoms with Crippen LogP contribution in [0.1, 0.15) is 22.3 Å². The van der Waals surface area contributed by atoms with Gasteiger partial charge in [-0.15, -0.1) is 22.7 Å². The number of aliphatic carboxylic acids is 1. The van der Waals surface area contributed by atoms with Crippen molar-refractivity contribution in [1.29, 1.82) is 0 Å². The van der Waals surface area contributed by atoms with E-state index in [0.717, 1.165) is 144 Å². The van der Waals surface area contributed by atoms with E-state index in [-0.39, 0.29) is 5.91 Å². The van der Waals surface area contributed by atoms with Gasteiger partial charge in [0.05, 0.1) is 58.2 Å². The quantitative estimate of drug-likeness (QED) is 0.115. The molecule has 0 atom stereocenters. The Hall–Kier alpha value is -5.76. The van der Waals surface area contributed by atoms with Crippen LogP contribution in [0.15, 0.2) is 35.3 Å². The molecular weight excluding hydrogens is 925 g/mol. The summed E-state index contributed by atoms with van der Waals surface area (Å²) in [5, 5.41) is 32.0. The van der Waals surface area contributed by atoms with Crippen LogP contribution in [-0.4, -0.2) is 190 Å². The first kappa shape index (κ1) is 49.7. The number of carbonyl (C=O) groups is 2. The normalized spacial score (nSPS) is 17.1. The summed E-state index contributed by atoms with van der Waals surface area (Å²) < 4.78 is 13.2. The molecule has 69 heavy (non-hydrogen) atoms. The van der Waals surface area contributed by atoms with Crippen molar-refractivity contribution in [1.82, 2.24) is 49.9 Å². The van der Waals surface area contributed by atoms with Crippen LogP contribution in [0.2, 0.25) is 0 Å². The predicted molar refractivity (Wildman–Crippen MR) is 267 cm³/mol. The molecule has 4 aliphatic rings. The number of aliphatic hydroxyl groups is 2. The molecule has 0 saturated carbocycles. The summed E-state index contributed by atoms with van der Waals surface area (Å²) in [4.78, 5) is 60.6. The first-order valence-corrected chi connectivity index (χ1v) is 24.8. The van der Waals surface area contributed by atoms with Gasteiger partial charge in [0.2, 0.25) is 17.8 Å². The van der Waals surface area contributed by atoms with Gasteiger partial charge in [-0.3, -0.25) is 14.6 Å². The third-order valence-electron chi connectivity index (χ3n) is 12.3. The third-order valence-corrected chi connectivity index (χ3v) is 14.4. The fourth-order valence-corrected chi connectivity index (χ4v) is 10.6. The number of fused-ring (bicyclic) bond motifs is 2. The molecule has 21 nitrogen and oxygen atoms in total. The van der Waals surface area contributed by atoms with E-state index in [4.69, 9.17) is 61.0 Å². The molecule has 0 aromatic carbocycles. The first-order chi connectivity index (χ1) is 33.5. The topological polar surface area (TPSA) is 271 Å². The van der Waals surface area contributed by atoms with Crippen LogP contribution in [0.25, 0.3) is 42.9 Å². The van der Waals surface area contributed by atoms with Gasteiger partial charge in [0.1, 0.15) is 24.8 Å². The minimum Gasteiger partial charge on any atom is -0.480 e. The molecule has 10 rings (SSSR count). The maximum atomic E-state index is 11.8. The van der Waals surface area contributed by atoms with Crippen molar-refractivity contribution in [3.63, 3.8) is 0 Å². The van der Waals surface area contributed by atoms with Gasteiger partial charge >= 0.3 is 5.97 Å². The molecule has 10 heterocycles. The molecule has 6 aromatic heterocycles. The van der Waals surface area contributed by atoms with Crippen molar-refractivity contribution in [3.8, 4) is 22.5 Å². The maximum absolute atomic E-state index is 11.8. The summed E-state index contributed by atoms with van der Waals surface area (Å²) in [5.41, 5.74) is 22.2. The van der Waals surface area contributed by atoms with Crippen molar-refractivity contribution in [2.24, 2.45) is 0 Å². The first-order valence-electron chi connectivity index (χ1n) is 23.0. The van der Waals surface area contributed by atoms with Crippen molar-refractivity contribution < 1.29 is 34.4 Å². The van der Waals surface area contributed by atoms with E-state index in [1.807, 2.05) is 25.3 Å². The fourth-order valence-electron chi connectivity index (χ4n) is 8.56. The molecule has 0 unspecified atom stereocenters. The van der Waals surface area contributed by atoms with Crippen LogP contribution in [-0.2, 0) is 32.2 Å². The van der Waals surface area contributed by atoms with Crippen LogP contribution < -0.4 is 26.6 Å². The Bertz CT molecular complexity index is 2710. The molecule has 4 fully saturated rings. The number of ether oxygens (including phenoxy) is 2. The number of aromatic nitrogens is 6. The number of anilines is 4. The van der Waals surface area contributed by atoms with Gasteiger partial charge in [0.15, 0.2) is 0 Å². The number of aliphatic hydroxyl groups excluding tert-OH is 2. The molecule has 23 heteroatoms. The fraction of sp³-hybridized carbons (Fsp3) is 0.478. The van der Waals surface area contributed by atoms with Crippen LogP contribution >= 0.6 is 22.7 Å². The summed E-state index contributed by atoms with van der Waals surface area (Å²) in [6.45, 7) is 17.4. The predicted octanol–water partition coefficient (Wildman–Crippen LogP) is 2.07. The van der Waals surface area contributed by atoms with E-state index in [9.17, 15) is 4.79 Å². The number of thiophene rings is 2. The van der Waals surface area contributed by atoms with E-state index in [0.29, 0.717) is 57.1 Å². The number of nitrogen functional groups attached to an aromatic ring is 2. The third kappa shape index (κ3) is 12.2. The van der Waals surface area contributed by atoms with E-state index >= 15 is 0 Å². The summed E-state index contributed by atoms with van der Waals surface area (Å²) in [5.74, 6) is 1.11. The molecule has 0 spiro atoms. The molecular formula is C46H60N14O7S2. The zero-order chi connectivity index (χ0) is 48.4. The van der Waals surface area contributed by atoms with E-state index in [1.165, 1.54) is 5.56 Å². The number of morpholine rings is 2. The van der Waals surface area contributed by atoms with Crippen molar-refractivity contribution >= 4 is 78.5 Å².